The fourth-order valence-electron chi connectivity index (χ4n) is 2.37. The number of hydrogen-bond acceptors (Lipinski definition) is 4. The van der Waals surface area contributed by atoms with Crippen molar-refractivity contribution in [2.45, 2.75) is 18.9 Å². The van der Waals surface area contributed by atoms with Crippen LogP contribution in [0.3, 0.4) is 0 Å². The lowest BCUT2D eigenvalue weighted by Gasteiger charge is -2.23. The quantitative estimate of drug-likeness (QED) is 0.801. The van der Waals surface area contributed by atoms with Gasteiger partial charge >= 0.3 is 0 Å². The van der Waals surface area contributed by atoms with E-state index >= 15 is 0 Å². The molecule has 0 aliphatic carbocycles. The minimum atomic E-state index is -0.595. The van der Waals surface area contributed by atoms with Crippen molar-refractivity contribution in [2.24, 2.45) is 5.73 Å². The van der Waals surface area contributed by atoms with Gasteiger partial charge in [0.1, 0.15) is 5.75 Å². The molecular formula is C14H18N2O4. The number of hydrogen-bond donors (Lipinski definition) is 2. The Balaban J connectivity index is 1.98. The van der Waals surface area contributed by atoms with Crippen molar-refractivity contribution in [1.29, 1.82) is 0 Å². The number of aliphatic hydroxyl groups excluding tert-OH is 1. The first-order valence-electron chi connectivity index (χ1n) is 6.55. The number of carbonyl (C=O) groups is 2. The van der Waals surface area contributed by atoms with Gasteiger partial charge in [-0.25, -0.2) is 0 Å². The molecule has 2 rings (SSSR count). The van der Waals surface area contributed by atoms with Crippen LogP contribution in [0.5, 0.6) is 5.75 Å². The van der Waals surface area contributed by atoms with Crippen LogP contribution in [0.15, 0.2) is 24.3 Å². The average molecular weight is 278 g/mol. The van der Waals surface area contributed by atoms with Gasteiger partial charge in [-0.15, -0.1) is 0 Å². The molecule has 1 saturated heterocycles. The molecule has 0 saturated carbocycles. The first kappa shape index (κ1) is 14.3. The summed E-state index contributed by atoms with van der Waals surface area (Å²) in [5.74, 6) is -0.489. The van der Waals surface area contributed by atoms with E-state index in [1.165, 1.54) is 0 Å². The summed E-state index contributed by atoms with van der Waals surface area (Å²) in [4.78, 5) is 24.9. The molecule has 1 aliphatic rings. The Morgan fingerprint density at radius 3 is 2.85 bits per heavy atom. The molecule has 3 N–H and O–H groups in total. The summed E-state index contributed by atoms with van der Waals surface area (Å²) in [6, 6.07) is 6.41. The van der Waals surface area contributed by atoms with Crippen LogP contribution in [-0.4, -0.2) is 47.6 Å². The predicted molar refractivity (Wildman–Crippen MR) is 72.3 cm³/mol. The number of para-hydroxylation sites is 1. The Morgan fingerprint density at radius 2 is 2.15 bits per heavy atom. The molecule has 1 aromatic rings. The minimum Gasteiger partial charge on any atom is -0.483 e. The van der Waals surface area contributed by atoms with Crippen LogP contribution in [0.2, 0.25) is 0 Å². The summed E-state index contributed by atoms with van der Waals surface area (Å²) in [5.41, 5.74) is 5.49. The molecule has 0 radical (unpaired) electrons. The van der Waals surface area contributed by atoms with Gasteiger partial charge in [0.2, 0.25) is 0 Å². The van der Waals surface area contributed by atoms with Gasteiger partial charge in [-0.3, -0.25) is 9.59 Å². The molecule has 20 heavy (non-hydrogen) atoms. The zero-order valence-corrected chi connectivity index (χ0v) is 11.1. The van der Waals surface area contributed by atoms with E-state index in [2.05, 4.69) is 0 Å². The maximum Gasteiger partial charge on any atom is 0.260 e. The van der Waals surface area contributed by atoms with Crippen molar-refractivity contribution in [3.8, 4) is 5.75 Å². The van der Waals surface area contributed by atoms with Crippen LogP contribution in [0.4, 0.5) is 0 Å². The second kappa shape index (κ2) is 6.38. The van der Waals surface area contributed by atoms with Gasteiger partial charge in [-0.1, -0.05) is 12.1 Å². The zero-order chi connectivity index (χ0) is 14.5. The number of nitrogens with zero attached hydrogens (tertiary/aromatic N) is 1. The highest BCUT2D eigenvalue weighted by molar-refractivity contribution is 5.95. The summed E-state index contributed by atoms with van der Waals surface area (Å²) in [6.07, 6.45) is 1.69. The fraction of sp³-hybridized carbons (Fsp3) is 0.429. The maximum absolute atomic E-state index is 12.0. The van der Waals surface area contributed by atoms with Gasteiger partial charge < -0.3 is 20.5 Å². The Labute approximate surface area is 117 Å². The van der Waals surface area contributed by atoms with Crippen LogP contribution in [0, 0.1) is 0 Å². The molecule has 2 amide bonds. The largest absolute Gasteiger partial charge is 0.483 e. The van der Waals surface area contributed by atoms with Crippen LogP contribution in [0.25, 0.3) is 0 Å². The van der Waals surface area contributed by atoms with E-state index in [9.17, 15) is 14.7 Å². The highest BCUT2D eigenvalue weighted by Crippen LogP contribution is 2.19. The smallest absolute Gasteiger partial charge is 0.260 e. The van der Waals surface area contributed by atoms with Crippen molar-refractivity contribution in [3.05, 3.63) is 29.8 Å². The molecule has 0 spiro atoms. The molecule has 1 fully saturated rings. The Hall–Kier alpha value is -2.08. The number of ether oxygens (including phenoxy) is 1. The van der Waals surface area contributed by atoms with Gasteiger partial charge in [0.25, 0.3) is 11.8 Å². The van der Waals surface area contributed by atoms with Gasteiger partial charge in [0.05, 0.1) is 18.2 Å². The Morgan fingerprint density at radius 1 is 1.40 bits per heavy atom. The van der Waals surface area contributed by atoms with Crippen LogP contribution in [0.1, 0.15) is 23.2 Å². The Kier molecular flexibility index (Phi) is 4.57. The monoisotopic (exact) mass is 278 g/mol. The number of amides is 2. The average Bonchev–Trinajstić information content (AvgIpc) is 2.93. The van der Waals surface area contributed by atoms with E-state index in [1.54, 1.807) is 29.2 Å². The fourth-order valence-corrected chi connectivity index (χ4v) is 2.37. The summed E-state index contributed by atoms with van der Waals surface area (Å²) >= 11 is 0. The lowest BCUT2D eigenvalue weighted by molar-refractivity contribution is -0.134. The Bertz CT molecular complexity index is 504. The standard InChI is InChI=1S/C14H18N2O4/c15-14(19)11-5-1-2-6-12(11)20-9-13(18)16-7-3-4-10(16)8-17/h1-2,5-6,10,17H,3-4,7-9H2,(H2,15,19). The molecule has 6 heteroatoms. The highest BCUT2D eigenvalue weighted by atomic mass is 16.5. The molecule has 1 unspecified atom stereocenters. The lowest BCUT2D eigenvalue weighted by atomic mass is 10.2. The van der Waals surface area contributed by atoms with Crippen LogP contribution < -0.4 is 10.5 Å². The summed E-state index contributed by atoms with van der Waals surface area (Å²) in [7, 11) is 0. The first-order valence-corrected chi connectivity index (χ1v) is 6.55. The molecule has 1 heterocycles. The van der Waals surface area contributed by atoms with Gasteiger partial charge in [-0.2, -0.15) is 0 Å². The van der Waals surface area contributed by atoms with E-state index in [-0.39, 0.29) is 30.7 Å². The summed E-state index contributed by atoms with van der Waals surface area (Å²) < 4.78 is 5.39. The molecule has 108 valence electrons. The second-order valence-corrected chi connectivity index (χ2v) is 4.71. The number of carbonyl (C=O) groups excluding carboxylic acids is 2. The van der Waals surface area contributed by atoms with E-state index in [4.69, 9.17) is 10.5 Å². The van der Waals surface area contributed by atoms with Crippen LogP contribution in [-0.2, 0) is 4.79 Å². The highest BCUT2D eigenvalue weighted by Gasteiger charge is 2.28. The lowest BCUT2D eigenvalue weighted by Crippen LogP contribution is -2.40. The molecule has 6 nitrogen and oxygen atoms in total. The van der Waals surface area contributed by atoms with E-state index < -0.39 is 5.91 Å². The maximum atomic E-state index is 12.0. The number of primary amides is 1. The number of aliphatic hydroxyl groups is 1. The van der Waals surface area contributed by atoms with E-state index in [0.29, 0.717) is 12.3 Å². The van der Waals surface area contributed by atoms with E-state index in [0.717, 1.165) is 12.8 Å². The predicted octanol–water partition coefficient (Wildman–Crippen LogP) is 0.148. The van der Waals surface area contributed by atoms with Gasteiger partial charge in [0.15, 0.2) is 6.61 Å². The van der Waals surface area contributed by atoms with Crippen molar-refractivity contribution in [2.75, 3.05) is 19.8 Å². The molecule has 1 aliphatic heterocycles. The SMILES string of the molecule is NC(=O)c1ccccc1OCC(=O)N1CCCC1CO. The molecule has 0 bridgehead atoms. The van der Waals surface area contributed by atoms with Crippen LogP contribution >= 0.6 is 0 Å². The molecule has 1 aromatic carbocycles. The normalized spacial score (nSPS) is 18.1. The third-order valence-electron chi connectivity index (χ3n) is 3.41. The summed E-state index contributed by atoms with van der Waals surface area (Å²) in [5, 5.41) is 9.19. The molecule has 1 atom stereocenters. The molecule has 0 aromatic heterocycles. The number of nitrogens with two attached hydrogens (primary N) is 1. The van der Waals surface area contributed by atoms with Crippen molar-refractivity contribution < 1.29 is 19.4 Å². The van der Waals surface area contributed by atoms with Crippen molar-refractivity contribution in [3.63, 3.8) is 0 Å². The molecular weight excluding hydrogens is 260 g/mol. The summed E-state index contributed by atoms with van der Waals surface area (Å²) in [6.45, 7) is 0.426. The number of rotatable bonds is 5. The minimum absolute atomic E-state index is 0.0381. The number of likely N-dealkylation sites (tertiary alicyclic amines) is 1. The first-order chi connectivity index (χ1) is 9.63. The van der Waals surface area contributed by atoms with Crippen molar-refractivity contribution >= 4 is 11.8 Å². The third kappa shape index (κ3) is 3.08. The van der Waals surface area contributed by atoms with Gasteiger partial charge in [0, 0.05) is 6.54 Å². The number of benzene rings is 1. The van der Waals surface area contributed by atoms with Crippen molar-refractivity contribution in [1.82, 2.24) is 4.90 Å². The van der Waals surface area contributed by atoms with E-state index in [1.807, 2.05) is 0 Å². The second-order valence-electron chi connectivity index (χ2n) is 4.71. The third-order valence-corrected chi connectivity index (χ3v) is 3.41. The van der Waals surface area contributed by atoms with Gasteiger partial charge in [-0.05, 0) is 25.0 Å². The topological polar surface area (TPSA) is 92.9 Å². The zero-order valence-electron chi connectivity index (χ0n) is 11.1.